The fourth-order valence-corrected chi connectivity index (χ4v) is 13.7. The van der Waals surface area contributed by atoms with Gasteiger partial charge in [-0.25, -0.2) is 4.79 Å². The van der Waals surface area contributed by atoms with Gasteiger partial charge in [0.1, 0.15) is 18.8 Å². The Morgan fingerprint density at radius 3 is 2.12 bits per heavy atom. The first kappa shape index (κ1) is 42.1. The standard InChI is InChI=1S/C45H71NO12/c1-24-21-46(22-27-6-7-27)15-12-38(53-24)57-41-25(2)55-40(20-35(41)48)58-42-26(3)54-39(19-34(42)47)56-30-10-13-43(4)29(17-30)8-9-32-33(43)18-36(49)44(5)31(11-14-45(32,44)51)28-16-37(50)52-23-28/h16,24-27,29-36,38-42,47-49,51H,6-15,17-23H2,1-5H3/t24?,25-,26-,29-,30+,31-,32-,33+,34+,35+,36-,38?,39+,40+,41-,42-,43+,44+,45+/m1/s1. The van der Waals surface area contributed by atoms with Gasteiger partial charge in [-0.05, 0) is 126 Å². The summed E-state index contributed by atoms with van der Waals surface area (Å²) in [6, 6.07) is 0. The van der Waals surface area contributed by atoms with Gasteiger partial charge < -0.3 is 58.5 Å². The lowest BCUT2D eigenvalue weighted by molar-refractivity contribution is -0.329. The third kappa shape index (κ3) is 7.66. The molecule has 8 fully saturated rings. The van der Waals surface area contributed by atoms with E-state index in [0.717, 1.165) is 76.1 Å². The van der Waals surface area contributed by atoms with Crippen molar-refractivity contribution in [3.05, 3.63) is 11.6 Å². The van der Waals surface area contributed by atoms with E-state index in [0.29, 0.717) is 18.8 Å². The van der Waals surface area contributed by atoms with Crippen LogP contribution in [0.3, 0.4) is 0 Å². The summed E-state index contributed by atoms with van der Waals surface area (Å²) in [5.74, 6) is 1.11. The third-order valence-corrected chi connectivity index (χ3v) is 17.1. The van der Waals surface area contributed by atoms with Crippen LogP contribution in [0.25, 0.3) is 0 Å². The van der Waals surface area contributed by atoms with Gasteiger partial charge in [0.25, 0.3) is 0 Å². The molecule has 5 saturated carbocycles. The van der Waals surface area contributed by atoms with Crippen LogP contribution in [0.4, 0.5) is 0 Å². The second-order valence-corrected chi connectivity index (χ2v) is 20.6. The van der Waals surface area contributed by atoms with Gasteiger partial charge >= 0.3 is 5.97 Å². The van der Waals surface area contributed by atoms with Gasteiger partial charge in [0.2, 0.25) is 0 Å². The molecule has 0 amide bonds. The average molecular weight is 818 g/mol. The second-order valence-electron chi connectivity index (χ2n) is 20.6. The zero-order chi connectivity index (χ0) is 40.7. The molecule has 0 bridgehead atoms. The van der Waals surface area contributed by atoms with E-state index >= 15 is 0 Å². The average Bonchev–Trinajstić information content (AvgIpc) is 3.85. The number of rotatable bonds is 9. The molecular weight excluding hydrogens is 746 g/mol. The van der Waals surface area contributed by atoms with E-state index in [1.165, 1.54) is 12.8 Å². The van der Waals surface area contributed by atoms with E-state index in [-0.39, 0.29) is 60.8 Å². The number of hydrogen-bond donors (Lipinski definition) is 4. The largest absolute Gasteiger partial charge is 0.458 e. The van der Waals surface area contributed by atoms with Crippen LogP contribution in [-0.2, 0) is 38.0 Å². The fraction of sp³-hybridized carbons (Fsp3) is 0.933. The van der Waals surface area contributed by atoms with Crippen LogP contribution in [0, 0.1) is 40.4 Å². The highest BCUT2D eigenvalue weighted by atomic mass is 16.7. The number of hydrogen-bond acceptors (Lipinski definition) is 13. The molecule has 19 atom stereocenters. The minimum absolute atomic E-state index is 0.0163. The van der Waals surface area contributed by atoms with E-state index in [1.54, 1.807) is 6.08 Å². The molecule has 13 nitrogen and oxygen atoms in total. The monoisotopic (exact) mass is 817 g/mol. The Bertz CT molecular complexity index is 1500. The van der Waals surface area contributed by atoms with Gasteiger partial charge in [0, 0.05) is 50.4 Å². The predicted molar refractivity (Wildman–Crippen MR) is 210 cm³/mol. The van der Waals surface area contributed by atoms with Crippen molar-refractivity contribution >= 4 is 5.97 Å². The number of nitrogens with zero attached hydrogens (tertiary/aromatic N) is 1. The number of aliphatic hydroxyl groups excluding tert-OH is 3. The number of aliphatic hydroxyl groups is 4. The summed E-state index contributed by atoms with van der Waals surface area (Å²) in [5.41, 5.74) is -0.829. The zero-order valence-electron chi connectivity index (χ0n) is 35.4. The van der Waals surface area contributed by atoms with Crippen molar-refractivity contribution in [1.29, 1.82) is 0 Å². The summed E-state index contributed by atoms with van der Waals surface area (Å²) >= 11 is 0. The number of cyclic esters (lactones) is 1. The Labute approximate surface area is 344 Å². The van der Waals surface area contributed by atoms with E-state index < -0.39 is 72.6 Å². The summed E-state index contributed by atoms with van der Waals surface area (Å²) in [6.45, 7) is 13.5. The van der Waals surface area contributed by atoms with Crippen LogP contribution in [0.5, 0.6) is 0 Å². The molecule has 0 aromatic rings. The molecule has 0 radical (unpaired) electrons. The molecule has 4 N–H and O–H groups in total. The summed E-state index contributed by atoms with van der Waals surface area (Å²) in [5, 5.41) is 47.1. The molecule has 9 rings (SSSR count). The van der Waals surface area contributed by atoms with Crippen LogP contribution in [0.15, 0.2) is 11.6 Å². The van der Waals surface area contributed by atoms with Crippen molar-refractivity contribution in [3.63, 3.8) is 0 Å². The SMILES string of the molecule is CC1CN(CC2CC2)CCC(O[C@H]2[C@@H](O)C[C@H](O[C@H]3[C@@H](O)C[C@H](O[C@H]4CC[C@@]5(C)[C@H](CC[C@@H]6[C@@H]5C[C@@H](O)[C@]5(C)[C@@H](C7=CC(=O)OC7)CC[C@]65O)C4)O[C@@H]3C)O[C@@H]2C)O1. The van der Waals surface area contributed by atoms with E-state index in [9.17, 15) is 25.2 Å². The molecular formula is C45H71NO12. The van der Waals surface area contributed by atoms with E-state index in [4.69, 9.17) is 33.2 Å². The highest BCUT2D eigenvalue weighted by molar-refractivity contribution is 5.85. The Balaban J connectivity index is 0.758. The molecule has 0 spiro atoms. The quantitative estimate of drug-likeness (QED) is 0.194. The first-order valence-electron chi connectivity index (χ1n) is 22.9. The van der Waals surface area contributed by atoms with Gasteiger partial charge in [-0.2, -0.15) is 0 Å². The summed E-state index contributed by atoms with van der Waals surface area (Å²) < 4.78 is 43.4. The fourth-order valence-electron chi connectivity index (χ4n) is 13.7. The van der Waals surface area contributed by atoms with Crippen molar-refractivity contribution < 1.29 is 58.4 Å². The minimum Gasteiger partial charge on any atom is -0.458 e. The Morgan fingerprint density at radius 1 is 0.776 bits per heavy atom. The summed E-state index contributed by atoms with van der Waals surface area (Å²) in [6.07, 6.45) is 6.00. The zero-order valence-corrected chi connectivity index (χ0v) is 35.4. The lowest BCUT2D eigenvalue weighted by Gasteiger charge is -2.65. The lowest BCUT2D eigenvalue weighted by Crippen LogP contribution is -2.67. The van der Waals surface area contributed by atoms with Gasteiger partial charge in [-0.1, -0.05) is 13.8 Å². The Kier molecular flexibility index (Phi) is 11.7. The molecule has 13 heteroatoms. The van der Waals surface area contributed by atoms with Crippen LogP contribution in [0.1, 0.15) is 118 Å². The van der Waals surface area contributed by atoms with Crippen LogP contribution in [-0.4, -0.2) is 137 Å². The number of carbonyl (C=O) groups is 1. The normalized spacial score (nSPS) is 52.6. The van der Waals surface area contributed by atoms with Gasteiger partial charge in [-0.15, -0.1) is 0 Å². The molecule has 328 valence electrons. The maximum absolute atomic E-state index is 12.6. The molecule has 0 aromatic heterocycles. The molecule has 9 aliphatic rings. The molecule has 0 aromatic carbocycles. The summed E-state index contributed by atoms with van der Waals surface area (Å²) in [7, 11) is 0. The number of fused-ring (bicyclic) bond motifs is 5. The lowest BCUT2D eigenvalue weighted by atomic mass is 9.42. The predicted octanol–water partition coefficient (Wildman–Crippen LogP) is 4.21. The topological polar surface area (TPSA) is 166 Å². The minimum atomic E-state index is -0.997. The maximum Gasteiger partial charge on any atom is 0.331 e. The van der Waals surface area contributed by atoms with Crippen LogP contribution < -0.4 is 0 Å². The molecule has 4 heterocycles. The highest BCUT2D eigenvalue weighted by Gasteiger charge is 2.71. The highest BCUT2D eigenvalue weighted by Crippen LogP contribution is 2.70. The molecule has 3 saturated heterocycles. The van der Waals surface area contributed by atoms with Crippen LogP contribution >= 0.6 is 0 Å². The van der Waals surface area contributed by atoms with Gasteiger partial charge in [-0.3, -0.25) is 0 Å². The third-order valence-electron chi connectivity index (χ3n) is 17.1. The Morgan fingerprint density at radius 2 is 1.47 bits per heavy atom. The molecule has 2 unspecified atom stereocenters. The smallest absolute Gasteiger partial charge is 0.331 e. The van der Waals surface area contributed by atoms with Crippen LogP contribution in [0.2, 0.25) is 0 Å². The van der Waals surface area contributed by atoms with Crippen molar-refractivity contribution in [1.82, 2.24) is 4.90 Å². The van der Waals surface area contributed by atoms with Crippen molar-refractivity contribution in [2.24, 2.45) is 40.4 Å². The van der Waals surface area contributed by atoms with Crippen molar-refractivity contribution in [2.45, 2.75) is 197 Å². The number of esters is 1. The molecule has 5 aliphatic carbocycles. The number of ether oxygens (including phenoxy) is 7. The number of carbonyl (C=O) groups excluding carboxylic acids is 1. The first-order chi connectivity index (χ1) is 27.6. The summed E-state index contributed by atoms with van der Waals surface area (Å²) in [4.78, 5) is 14.4. The van der Waals surface area contributed by atoms with Crippen molar-refractivity contribution in [2.75, 3.05) is 26.2 Å². The van der Waals surface area contributed by atoms with E-state index in [1.807, 2.05) is 13.8 Å². The van der Waals surface area contributed by atoms with Crippen molar-refractivity contribution in [3.8, 4) is 0 Å². The van der Waals surface area contributed by atoms with Gasteiger partial charge in [0.15, 0.2) is 18.9 Å². The molecule has 58 heavy (non-hydrogen) atoms. The second kappa shape index (κ2) is 16.2. The maximum atomic E-state index is 12.6. The molecule has 4 aliphatic heterocycles. The van der Waals surface area contributed by atoms with E-state index in [2.05, 4.69) is 25.7 Å². The van der Waals surface area contributed by atoms with Gasteiger partial charge in [0.05, 0.1) is 48.3 Å². The first-order valence-corrected chi connectivity index (χ1v) is 22.9. The Hall–Kier alpha value is -1.23.